The highest BCUT2D eigenvalue weighted by molar-refractivity contribution is 6.04. The van der Waals surface area contributed by atoms with Gasteiger partial charge in [-0.3, -0.25) is 9.59 Å². The standard InChI is InChI=1S/C19H22N2O2/c1-3-21(15-16-10-6-4-7-11-16)19(23)14-18(22)20(2)17-12-8-5-9-13-17/h4-13H,3,14-15H2,1-2H3. The van der Waals surface area contributed by atoms with E-state index in [2.05, 4.69) is 0 Å². The molecule has 0 radical (unpaired) electrons. The van der Waals surface area contributed by atoms with Crippen LogP contribution >= 0.6 is 0 Å². The highest BCUT2D eigenvalue weighted by Crippen LogP contribution is 2.13. The second-order valence-corrected chi connectivity index (χ2v) is 5.36. The van der Waals surface area contributed by atoms with E-state index in [9.17, 15) is 9.59 Å². The van der Waals surface area contributed by atoms with E-state index in [1.54, 1.807) is 11.9 Å². The van der Waals surface area contributed by atoms with Gasteiger partial charge in [-0.1, -0.05) is 48.5 Å². The first-order valence-corrected chi connectivity index (χ1v) is 7.75. The molecule has 0 aliphatic rings. The van der Waals surface area contributed by atoms with Gasteiger partial charge in [-0.25, -0.2) is 0 Å². The van der Waals surface area contributed by atoms with Crippen molar-refractivity contribution < 1.29 is 9.59 Å². The number of rotatable bonds is 6. The highest BCUT2D eigenvalue weighted by atomic mass is 16.2. The predicted molar refractivity (Wildman–Crippen MR) is 92.0 cm³/mol. The molecule has 0 aromatic heterocycles. The molecule has 0 bridgehead atoms. The van der Waals surface area contributed by atoms with Crippen molar-refractivity contribution in [2.45, 2.75) is 19.9 Å². The Bertz CT molecular complexity index is 641. The third-order valence-corrected chi connectivity index (χ3v) is 3.77. The molecule has 0 fully saturated rings. The maximum absolute atomic E-state index is 12.4. The van der Waals surface area contributed by atoms with Crippen LogP contribution in [-0.4, -0.2) is 30.3 Å². The molecule has 0 saturated heterocycles. The molecule has 4 nitrogen and oxygen atoms in total. The summed E-state index contributed by atoms with van der Waals surface area (Å²) in [6, 6.07) is 19.1. The summed E-state index contributed by atoms with van der Waals surface area (Å²) in [5, 5.41) is 0. The van der Waals surface area contributed by atoms with Gasteiger partial charge in [0.05, 0.1) is 0 Å². The molecule has 0 N–H and O–H groups in total. The van der Waals surface area contributed by atoms with Crippen LogP contribution in [0.5, 0.6) is 0 Å². The SMILES string of the molecule is CCN(Cc1ccccc1)C(=O)CC(=O)N(C)c1ccccc1. The zero-order valence-corrected chi connectivity index (χ0v) is 13.6. The number of carbonyl (C=O) groups is 2. The predicted octanol–water partition coefficient (Wildman–Crippen LogP) is 3.09. The molecule has 0 unspecified atom stereocenters. The van der Waals surface area contributed by atoms with Crippen molar-refractivity contribution in [1.29, 1.82) is 0 Å². The highest BCUT2D eigenvalue weighted by Gasteiger charge is 2.19. The van der Waals surface area contributed by atoms with Crippen LogP contribution in [-0.2, 0) is 16.1 Å². The van der Waals surface area contributed by atoms with Crippen LogP contribution in [0.15, 0.2) is 60.7 Å². The summed E-state index contributed by atoms with van der Waals surface area (Å²) < 4.78 is 0. The summed E-state index contributed by atoms with van der Waals surface area (Å²) in [6.07, 6.45) is -0.119. The topological polar surface area (TPSA) is 40.6 Å². The molecule has 2 amide bonds. The molecule has 0 aliphatic heterocycles. The number of nitrogens with zero attached hydrogens (tertiary/aromatic N) is 2. The van der Waals surface area contributed by atoms with Crippen molar-refractivity contribution in [3.05, 3.63) is 66.2 Å². The van der Waals surface area contributed by atoms with E-state index in [1.807, 2.05) is 67.6 Å². The number of benzene rings is 2. The summed E-state index contributed by atoms with van der Waals surface area (Å²) in [5.74, 6) is -0.350. The fourth-order valence-electron chi connectivity index (χ4n) is 2.34. The lowest BCUT2D eigenvalue weighted by Crippen LogP contribution is -2.36. The second-order valence-electron chi connectivity index (χ2n) is 5.36. The van der Waals surface area contributed by atoms with Crippen molar-refractivity contribution in [3.8, 4) is 0 Å². The Morgan fingerprint density at radius 2 is 1.43 bits per heavy atom. The quantitative estimate of drug-likeness (QED) is 0.769. The Morgan fingerprint density at radius 3 is 2.00 bits per heavy atom. The Balaban J connectivity index is 1.97. The lowest BCUT2D eigenvalue weighted by atomic mass is 10.2. The van der Waals surface area contributed by atoms with Gasteiger partial charge >= 0.3 is 0 Å². The van der Waals surface area contributed by atoms with Crippen molar-refractivity contribution >= 4 is 17.5 Å². The van der Waals surface area contributed by atoms with Crippen LogP contribution < -0.4 is 4.90 Å². The zero-order chi connectivity index (χ0) is 16.7. The van der Waals surface area contributed by atoms with Gasteiger partial charge in [0, 0.05) is 25.8 Å². The van der Waals surface area contributed by atoms with Gasteiger partial charge in [-0.05, 0) is 24.6 Å². The van der Waals surface area contributed by atoms with Crippen LogP contribution in [0.1, 0.15) is 18.9 Å². The summed E-state index contributed by atoms with van der Waals surface area (Å²) in [5.41, 5.74) is 1.85. The van der Waals surface area contributed by atoms with Gasteiger partial charge in [-0.15, -0.1) is 0 Å². The minimum Gasteiger partial charge on any atom is -0.338 e. The molecule has 4 heteroatoms. The monoisotopic (exact) mass is 310 g/mol. The summed E-state index contributed by atoms with van der Waals surface area (Å²) in [4.78, 5) is 27.9. The fraction of sp³-hybridized carbons (Fsp3) is 0.263. The maximum Gasteiger partial charge on any atom is 0.236 e. The van der Waals surface area contributed by atoms with Crippen LogP contribution in [0, 0.1) is 0 Å². The average molecular weight is 310 g/mol. The number of carbonyl (C=O) groups excluding carboxylic acids is 2. The minimum absolute atomic E-state index is 0.119. The van der Waals surface area contributed by atoms with Crippen molar-refractivity contribution in [2.75, 3.05) is 18.5 Å². The Kier molecular flexibility index (Phi) is 5.92. The third kappa shape index (κ3) is 4.68. The van der Waals surface area contributed by atoms with Crippen molar-refractivity contribution in [1.82, 2.24) is 4.90 Å². The average Bonchev–Trinajstić information content (AvgIpc) is 2.60. The van der Waals surface area contributed by atoms with Gasteiger partial charge in [0.2, 0.25) is 11.8 Å². The molecule has 0 spiro atoms. The van der Waals surface area contributed by atoms with E-state index in [-0.39, 0.29) is 18.2 Å². The first kappa shape index (κ1) is 16.7. The second kappa shape index (κ2) is 8.13. The molecule has 2 aromatic rings. The van der Waals surface area contributed by atoms with Crippen LogP contribution in [0.4, 0.5) is 5.69 Å². The largest absolute Gasteiger partial charge is 0.338 e. The fourth-order valence-corrected chi connectivity index (χ4v) is 2.34. The van der Waals surface area contributed by atoms with Crippen molar-refractivity contribution in [3.63, 3.8) is 0 Å². The van der Waals surface area contributed by atoms with E-state index >= 15 is 0 Å². The summed E-state index contributed by atoms with van der Waals surface area (Å²) >= 11 is 0. The molecule has 0 saturated carbocycles. The van der Waals surface area contributed by atoms with Gasteiger partial charge in [0.25, 0.3) is 0 Å². The molecule has 2 aromatic carbocycles. The van der Waals surface area contributed by atoms with Crippen molar-refractivity contribution in [2.24, 2.45) is 0 Å². The molecular formula is C19H22N2O2. The maximum atomic E-state index is 12.4. The lowest BCUT2D eigenvalue weighted by Gasteiger charge is -2.23. The van der Waals surface area contributed by atoms with Crippen LogP contribution in [0.3, 0.4) is 0 Å². The molecule has 23 heavy (non-hydrogen) atoms. The summed E-state index contributed by atoms with van der Waals surface area (Å²) in [6.45, 7) is 3.03. The normalized spacial score (nSPS) is 10.2. The lowest BCUT2D eigenvalue weighted by molar-refractivity contribution is -0.135. The summed E-state index contributed by atoms with van der Waals surface area (Å²) in [7, 11) is 1.69. The molecule has 0 aliphatic carbocycles. The number of amides is 2. The number of hydrogen-bond donors (Lipinski definition) is 0. The van der Waals surface area contributed by atoms with E-state index in [0.29, 0.717) is 13.1 Å². The van der Waals surface area contributed by atoms with Gasteiger partial charge < -0.3 is 9.80 Å². The van der Waals surface area contributed by atoms with Gasteiger partial charge in [-0.2, -0.15) is 0 Å². The van der Waals surface area contributed by atoms with Crippen LogP contribution in [0.2, 0.25) is 0 Å². The number of hydrogen-bond acceptors (Lipinski definition) is 2. The molecule has 0 heterocycles. The Hall–Kier alpha value is -2.62. The number of para-hydroxylation sites is 1. The molecule has 120 valence electrons. The molecular weight excluding hydrogens is 288 g/mol. The number of anilines is 1. The Morgan fingerprint density at radius 1 is 0.870 bits per heavy atom. The first-order chi connectivity index (χ1) is 11.1. The molecule has 0 atom stereocenters. The van der Waals surface area contributed by atoms with E-state index in [1.165, 1.54) is 4.90 Å². The van der Waals surface area contributed by atoms with E-state index < -0.39 is 0 Å². The molecule has 2 rings (SSSR count). The van der Waals surface area contributed by atoms with Gasteiger partial charge in [0.15, 0.2) is 0 Å². The zero-order valence-electron chi connectivity index (χ0n) is 13.6. The third-order valence-electron chi connectivity index (χ3n) is 3.77. The van der Waals surface area contributed by atoms with E-state index in [0.717, 1.165) is 11.3 Å². The van der Waals surface area contributed by atoms with E-state index in [4.69, 9.17) is 0 Å². The Labute approximate surface area is 137 Å². The minimum atomic E-state index is -0.201. The smallest absolute Gasteiger partial charge is 0.236 e. The van der Waals surface area contributed by atoms with Crippen LogP contribution in [0.25, 0.3) is 0 Å². The first-order valence-electron chi connectivity index (χ1n) is 7.75. The van der Waals surface area contributed by atoms with Gasteiger partial charge in [0.1, 0.15) is 6.42 Å².